The zero-order chi connectivity index (χ0) is 15.1. The van der Waals surface area contributed by atoms with Crippen molar-refractivity contribution in [1.82, 2.24) is 10.6 Å². The number of hydrogen-bond donors (Lipinski definition) is 2. The predicted octanol–water partition coefficient (Wildman–Crippen LogP) is 0.579. The largest absolute Gasteiger partial charge is 0.464 e. The van der Waals surface area contributed by atoms with Gasteiger partial charge in [0.2, 0.25) is 5.91 Å². The molecule has 2 amide bonds. The van der Waals surface area contributed by atoms with Gasteiger partial charge in [-0.1, -0.05) is 0 Å². The Labute approximate surface area is 113 Å². The molecule has 0 aliphatic rings. The quantitative estimate of drug-likeness (QED) is 0.715. The first-order valence-corrected chi connectivity index (χ1v) is 6.08. The van der Waals surface area contributed by atoms with Crippen LogP contribution in [0.2, 0.25) is 0 Å². The number of alkyl carbamates (subject to hydrolysis) is 1. The third-order valence-electron chi connectivity index (χ3n) is 1.81. The summed E-state index contributed by atoms with van der Waals surface area (Å²) in [7, 11) is 0. The van der Waals surface area contributed by atoms with E-state index < -0.39 is 29.6 Å². The molecule has 0 radical (unpaired) electrons. The van der Waals surface area contributed by atoms with Gasteiger partial charge in [0.1, 0.15) is 18.2 Å². The summed E-state index contributed by atoms with van der Waals surface area (Å²) in [5.41, 5.74) is -0.626. The Balaban J connectivity index is 3.99. The van der Waals surface area contributed by atoms with Gasteiger partial charge in [0.05, 0.1) is 6.61 Å². The number of esters is 1. The molecule has 0 saturated heterocycles. The minimum absolute atomic E-state index is 0.245. The van der Waals surface area contributed by atoms with Crippen LogP contribution in [0.3, 0.4) is 0 Å². The standard InChI is InChI=1S/C12H22N2O5/c1-6-18-10(16)8(2)14-9(15)7-13-11(17)19-12(3,4)5/h8H,6-7H2,1-5H3,(H,13,17)(H,14,15)/t8-/m1/s1. The molecule has 0 aliphatic carbocycles. The van der Waals surface area contributed by atoms with E-state index >= 15 is 0 Å². The number of hydrogen-bond acceptors (Lipinski definition) is 5. The predicted molar refractivity (Wildman–Crippen MR) is 68.5 cm³/mol. The Kier molecular flexibility index (Phi) is 6.89. The van der Waals surface area contributed by atoms with Gasteiger partial charge in [-0.05, 0) is 34.6 Å². The van der Waals surface area contributed by atoms with Gasteiger partial charge in [0, 0.05) is 0 Å². The lowest BCUT2D eigenvalue weighted by molar-refractivity contribution is -0.146. The molecule has 0 aromatic carbocycles. The van der Waals surface area contributed by atoms with E-state index in [4.69, 9.17) is 9.47 Å². The van der Waals surface area contributed by atoms with E-state index in [2.05, 4.69) is 10.6 Å². The maximum Gasteiger partial charge on any atom is 0.408 e. The van der Waals surface area contributed by atoms with Gasteiger partial charge in [-0.3, -0.25) is 4.79 Å². The molecule has 0 rings (SSSR count). The van der Waals surface area contributed by atoms with Crippen LogP contribution in [-0.4, -0.2) is 42.8 Å². The van der Waals surface area contributed by atoms with Crippen LogP contribution in [0.25, 0.3) is 0 Å². The molecule has 0 spiro atoms. The Bertz CT molecular complexity index is 336. The minimum Gasteiger partial charge on any atom is -0.464 e. The molecule has 0 saturated carbocycles. The Morgan fingerprint density at radius 3 is 2.26 bits per heavy atom. The molecule has 0 aliphatic heterocycles. The van der Waals surface area contributed by atoms with Gasteiger partial charge in [-0.15, -0.1) is 0 Å². The number of carbonyl (C=O) groups is 3. The molecule has 0 unspecified atom stereocenters. The number of nitrogens with one attached hydrogen (secondary N) is 2. The Morgan fingerprint density at radius 2 is 1.79 bits per heavy atom. The Hall–Kier alpha value is -1.79. The van der Waals surface area contributed by atoms with Gasteiger partial charge < -0.3 is 20.1 Å². The second kappa shape index (κ2) is 7.60. The first-order valence-electron chi connectivity index (χ1n) is 6.08. The van der Waals surface area contributed by atoms with Crippen molar-refractivity contribution in [2.75, 3.05) is 13.2 Å². The van der Waals surface area contributed by atoms with Crippen molar-refractivity contribution in [2.45, 2.75) is 46.3 Å². The zero-order valence-corrected chi connectivity index (χ0v) is 12.0. The number of amides is 2. The van der Waals surface area contributed by atoms with Crippen LogP contribution < -0.4 is 10.6 Å². The lowest BCUT2D eigenvalue weighted by atomic mass is 10.2. The number of ether oxygens (including phenoxy) is 2. The van der Waals surface area contributed by atoms with Crippen LogP contribution in [0.15, 0.2) is 0 Å². The molecule has 7 heteroatoms. The monoisotopic (exact) mass is 274 g/mol. The van der Waals surface area contributed by atoms with Crippen molar-refractivity contribution >= 4 is 18.0 Å². The average molecular weight is 274 g/mol. The van der Waals surface area contributed by atoms with Crippen molar-refractivity contribution < 1.29 is 23.9 Å². The molecular weight excluding hydrogens is 252 g/mol. The molecule has 0 aromatic heterocycles. The van der Waals surface area contributed by atoms with E-state index in [0.29, 0.717) is 0 Å². The molecule has 1 atom stereocenters. The van der Waals surface area contributed by atoms with Gasteiger partial charge >= 0.3 is 12.1 Å². The molecule has 110 valence electrons. The second-order valence-electron chi connectivity index (χ2n) is 4.90. The summed E-state index contributed by atoms with van der Waals surface area (Å²) < 4.78 is 9.69. The van der Waals surface area contributed by atoms with E-state index in [9.17, 15) is 14.4 Å². The third kappa shape index (κ3) is 8.87. The molecule has 0 bridgehead atoms. The lowest BCUT2D eigenvalue weighted by Gasteiger charge is -2.19. The minimum atomic E-state index is -0.757. The van der Waals surface area contributed by atoms with Gasteiger partial charge in [-0.25, -0.2) is 9.59 Å². The lowest BCUT2D eigenvalue weighted by Crippen LogP contribution is -2.45. The fourth-order valence-corrected chi connectivity index (χ4v) is 1.09. The SMILES string of the molecule is CCOC(=O)[C@@H](C)NC(=O)CNC(=O)OC(C)(C)C. The van der Waals surface area contributed by atoms with Gasteiger partial charge in [0.15, 0.2) is 0 Å². The maximum absolute atomic E-state index is 11.4. The van der Waals surface area contributed by atoms with E-state index in [1.807, 2.05) is 0 Å². The van der Waals surface area contributed by atoms with Crippen LogP contribution >= 0.6 is 0 Å². The van der Waals surface area contributed by atoms with E-state index in [1.165, 1.54) is 6.92 Å². The first-order chi connectivity index (χ1) is 8.65. The summed E-state index contributed by atoms with van der Waals surface area (Å²) in [5.74, 6) is -1.01. The molecule has 7 nitrogen and oxygen atoms in total. The van der Waals surface area contributed by atoms with Crippen molar-refractivity contribution in [3.05, 3.63) is 0 Å². The highest BCUT2D eigenvalue weighted by molar-refractivity contribution is 5.86. The molecule has 0 heterocycles. The molecule has 19 heavy (non-hydrogen) atoms. The summed E-state index contributed by atoms with van der Waals surface area (Å²) in [5, 5.41) is 4.69. The van der Waals surface area contributed by atoms with E-state index in [-0.39, 0.29) is 13.2 Å². The molecule has 0 fully saturated rings. The van der Waals surface area contributed by atoms with Crippen LogP contribution in [0.1, 0.15) is 34.6 Å². The zero-order valence-electron chi connectivity index (χ0n) is 12.0. The van der Waals surface area contributed by atoms with Crippen molar-refractivity contribution in [2.24, 2.45) is 0 Å². The van der Waals surface area contributed by atoms with Crippen LogP contribution in [-0.2, 0) is 19.1 Å². The van der Waals surface area contributed by atoms with Crippen molar-refractivity contribution in [3.8, 4) is 0 Å². The maximum atomic E-state index is 11.4. The number of carbonyl (C=O) groups excluding carboxylic acids is 3. The highest BCUT2D eigenvalue weighted by Gasteiger charge is 2.19. The summed E-state index contributed by atoms with van der Waals surface area (Å²) in [6.45, 7) is 8.31. The van der Waals surface area contributed by atoms with Gasteiger partial charge in [-0.2, -0.15) is 0 Å². The molecule has 2 N–H and O–H groups in total. The summed E-state index contributed by atoms with van der Waals surface area (Å²) >= 11 is 0. The summed E-state index contributed by atoms with van der Waals surface area (Å²) in [4.78, 5) is 34.0. The topological polar surface area (TPSA) is 93.7 Å². The van der Waals surface area contributed by atoms with Gasteiger partial charge in [0.25, 0.3) is 0 Å². The summed E-state index contributed by atoms with van der Waals surface area (Å²) in [6.07, 6.45) is -0.688. The van der Waals surface area contributed by atoms with Crippen molar-refractivity contribution in [1.29, 1.82) is 0 Å². The van der Waals surface area contributed by atoms with E-state index in [1.54, 1.807) is 27.7 Å². The number of rotatable bonds is 5. The smallest absolute Gasteiger partial charge is 0.408 e. The third-order valence-corrected chi connectivity index (χ3v) is 1.81. The Morgan fingerprint density at radius 1 is 1.21 bits per heavy atom. The fourth-order valence-electron chi connectivity index (χ4n) is 1.09. The fraction of sp³-hybridized carbons (Fsp3) is 0.750. The molecule has 0 aromatic rings. The van der Waals surface area contributed by atoms with E-state index in [0.717, 1.165) is 0 Å². The normalized spacial score (nSPS) is 12.3. The highest BCUT2D eigenvalue weighted by atomic mass is 16.6. The second-order valence-corrected chi connectivity index (χ2v) is 4.90. The first kappa shape index (κ1) is 17.2. The van der Waals surface area contributed by atoms with Crippen LogP contribution in [0.5, 0.6) is 0 Å². The highest BCUT2D eigenvalue weighted by Crippen LogP contribution is 2.05. The van der Waals surface area contributed by atoms with Crippen molar-refractivity contribution in [3.63, 3.8) is 0 Å². The summed E-state index contributed by atoms with van der Waals surface area (Å²) in [6, 6.07) is -0.757. The van der Waals surface area contributed by atoms with Crippen LogP contribution in [0, 0.1) is 0 Å². The molecular formula is C12H22N2O5. The average Bonchev–Trinajstić information content (AvgIpc) is 2.24. The van der Waals surface area contributed by atoms with Crippen LogP contribution in [0.4, 0.5) is 4.79 Å².